The molecule has 0 bridgehead atoms. The van der Waals surface area contributed by atoms with Gasteiger partial charge in [0, 0.05) is 34.8 Å². The lowest BCUT2D eigenvalue weighted by Crippen LogP contribution is -2.06. The Morgan fingerprint density at radius 1 is 1.16 bits per heavy atom. The topological polar surface area (TPSA) is 81.7 Å². The van der Waals surface area contributed by atoms with E-state index in [1.54, 1.807) is 7.11 Å². The number of hydrogen-bond acceptors (Lipinski definition) is 5. The van der Waals surface area contributed by atoms with E-state index >= 15 is 0 Å². The van der Waals surface area contributed by atoms with Gasteiger partial charge in [-0.15, -0.1) is 0 Å². The van der Waals surface area contributed by atoms with Crippen LogP contribution in [0.25, 0.3) is 5.69 Å². The lowest BCUT2D eigenvalue weighted by molar-refractivity contribution is -0.384. The van der Waals surface area contributed by atoms with E-state index in [4.69, 9.17) is 4.74 Å². The molecule has 1 N–H and O–H groups in total. The van der Waals surface area contributed by atoms with Gasteiger partial charge in [0.1, 0.15) is 11.4 Å². The summed E-state index contributed by atoms with van der Waals surface area (Å²) < 4.78 is 45.7. The maximum atomic E-state index is 12.8. The Bertz CT molecular complexity index is 1150. The van der Waals surface area contributed by atoms with Crippen LogP contribution in [-0.4, -0.2) is 22.8 Å². The number of methoxy groups -OCH3 is 1. The fourth-order valence-corrected chi connectivity index (χ4v) is 3.19. The number of aryl methyl sites for hydroxylation is 1. The third kappa shape index (κ3) is 4.68. The molecule has 1 aromatic heterocycles. The number of rotatable bonds is 6. The molecule has 0 aliphatic carbocycles. The Labute approximate surface area is 175 Å². The molecule has 162 valence electrons. The van der Waals surface area contributed by atoms with Crippen molar-refractivity contribution in [1.82, 2.24) is 4.57 Å². The molecule has 0 saturated heterocycles. The van der Waals surface area contributed by atoms with Crippen LogP contribution in [0.4, 0.5) is 24.5 Å². The van der Waals surface area contributed by atoms with Crippen molar-refractivity contribution in [1.29, 1.82) is 0 Å². The van der Waals surface area contributed by atoms with Gasteiger partial charge in [-0.3, -0.25) is 15.5 Å². The fraction of sp³-hybridized carbons (Fsp3) is 0.190. The molecule has 0 fully saturated rings. The highest BCUT2D eigenvalue weighted by Gasteiger charge is 2.33. The smallest absolute Gasteiger partial charge is 0.416 e. The highest BCUT2D eigenvalue weighted by atomic mass is 19.4. The number of ether oxygens (including phenoxy) is 1. The van der Waals surface area contributed by atoms with E-state index in [9.17, 15) is 23.3 Å². The highest BCUT2D eigenvalue weighted by Crippen LogP contribution is 2.35. The Kier molecular flexibility index (Phi) is 6.00. The minimum absolute atomic E-state index is 0.143. The SMILES string of the molecule is COc1cccc(-n2c(C)cc(/C=N/Nc3ccc(C(F)(F)F)cc3[N+](=O)[O-])c2C)c1. The first-order valence-corrected chi connectivity index (χ1v) is 9.10. The first-order valence-electron chi connectivity index (χ1n) is 9.10. The number of nitro benzene ring substituents is 1. The molecule has 0 atom stereocenters. The number of halogens is 3. The summed E-state index contributed by atoms with van der Waals surface area (Å²) in [6, 6.07) is 11.6. The number of nitrogens with zero attached hydrogens (tertiary/aromatic N) is 3. The number of hydrazone groups is 1. The molecule has 0 aliphatic heterocycles. The summed E-state index contributed by atoms with van der Waals surface area (Å²) in [6.45, 7) is 3.80. The molecule has 3 rings (SSSR count). The molecule has 2 aromatic carbocycles. The van der Waals surface area contributed by atoms with E-state index in [0.29, 0.717) is 11.8 Å². The van der Waals surface area contributed by atoms with Crippen molar-refractivity contribution < 1.29 is 22.8 Å². The van der Waals surface area contributed by atoms with Crippen LogP contribution in [-0.2, 0) is 6.18 Å². The minimum Gasteiger partial charge on any atom is -0.497 e. The molecular formula is C21H19F3N4O3. The van der Waals surface area contributed by atoms with Crippen molar-refractivity contribution in [3.05, 3.63) is 81.2 Å². The zero-order chi connectivity index (χ0) is 22.8. The standard InChI is InChI=1S/C21H19F3N4O3/c1-13-9-15(14(2)27(13)17-5-4-6-18(11-17)31-3)12-25-26-19-8-7-16(21(22,23)24)10-20(19)28(29)30/h4-12,26H,1-3H3/b25-12+. The quantitative estimate of drug-likeness (QED) is 0.318. The van der Waals surface area contributed by atoms with E-state index in [1.807, 2.05) is 48.7 Å². The number of nitro groups is 1. The van der Waals surface area contributed by atoms with Gasteiger partial charge in [0.2, 0.25) is 0 Å². The van der Waals surface area contributed by atoms with Crippen LogP contribution >= 0.6 is 0 Å². The Hall–Kier alpha value is -3.82. The van der Waals surface area contributed by atoms with Gasteiger partial charge in [-0.05, 0) is 44.2 Å². The summed E-state index contributed by atoms with van der Waals surface area (Å²) >= 11 is 0. The molecule has 0 unspecified atom stereocenters. The molecule has 0 amide bonds. The van der Waals surface area contributed by atoms with Crippen LogP contribution in [0.3, 0.4) is 0 Å². The molecule has 31 heavy (non-hydrogen) atoms. The van der Waals surface area contributed by atoms with Crippen molar-refractivity contribution in [2.45, 2.75) is 20.0 Å². The maximum Gasteiger partial charge on any atom is 0.416 e. The maximum absolute atomic E-state index is 12.8. The third-order valence-electron chi connectivity index (χ3n) is 4.69. The summed E-state index contributed by atoms with van der Waals surface area (Å²) in [5.41, 5.74) is 3.92. The zero-order valence-electron chi connectivity index (χ0n) is 16.9. The Morgan fingerprint density at radius 2 is 1.90 bits per heavy atom. The number of aromatic nitrogens is 1. The van der Waals surface area contributed by atoms with Crippen molar-refractivity contribution in [2.75, 3.05) is 12.5 Å². The average molecular weight is 432 g/mol. The van der Waals surface area contributed by atoms with Gasteiger partial charge in [-0.2, -0.15) is 18.3 Å². The molecule has 0 saturated carbocycles. The molecule has 10 heteroatoms. The number of benzene rings is 2. The van der Waals surface area contributed by atoms with Crippen LogP contribution < -0.4 is 10.2 Å². The van der Waals surface area contributed by atoms with Crippen molar-refractivity contribution >= 4 is 17.6 Å². The van der Waals surface area contributed by atoms with Gasteiger partial charge in [-0.25, -0.2) is 0 Å². The first-order chi connectivity index (χ1) is 14.6. The van der Waals surface area contributed by atoms with E-state index in [0.717, 1.165) is 34.8 Å². The number of alkyl halides is 3. The lowest BCUT2D eigenvalue weighted by atomic mass is 10.1. The molecule has 0 spiro atoms. The van der Waals surface area contributed by atoms with E-state index in [-0.39, 0.29) is 5.69 Å². The van der Waals surface area contributed by atoms with Crippen molar-refractivity contribution in [3.63, 3.8) is 0 Å². The van der Waals surface area contributed by atoms with Gasteiger partial charge in [0.05, 0.1) is 23.8 Å². The van der Waals surface area contributed by atoms with Gasteiger partial charge in [-0.1, -0.05) is 6.07 Å². The average Bonchev–Trinajstić information content (AvgIpc) is 3.00. The summed E-state index contributed by atoms with van der Waals surface area (Å²) in [7, 11) is 1.58. The third-order valence-corrected chi connectivity index (χ3v) is 4.69. The normalized spacial score (nSPS) is 11.7. The van der Waals surface area contributed by atoms with E-state index in [2.05, 4.69) is 10.5 Å². The van der Waals surface area contributed by atoms with Crippen LogP contribution in [0.1, 0.15) is 22.5 Å². The molecular weight excluding hydrogens is 413 g/mol. The second kappa shape index (κ2) is 8.50. The predicted octanol–water partition coefficient (Wildman–Crippen LogP) is 5.48. The monoisotopic (exact) mass is 432 g/mol. The molecule has 7 nitrogen and oxygen atoms in total. The number of anilines is 1. The second-order valence-corrected chi connectivity index (χ2v) is 6.72. The fourth-order valence-electron chi connectivity index (χ4n) is 3.19. The summed E-state index contributed by atoms with van der Waals surface area (Å²) in [5, 5.41) is 15.2. The molecule has 1 heterocycles. The Morgan fingerprint density at radius 3 is 2.55 bits per heavy atom. The molecule has 3 aromatic rings. The minimum atomic E-state index is -4.68. The number of nitrogens with one attached hydrogen (secondary N) is 1. The lowest BCUT2D eigenvalue weighted by Gasteiger charge is -2.11. The largest absolute Gasteiger partial charge is 0.497 e. The van der Waals surface area contributed by atoms with Gasteiger partial charge >= 0.3 is 6.18 Å². The first kappa shape index (κ1) is 21.9. The second-order valence-electron chi connectivity index (χ2n) is 6.72. The van der Waals surface area contributed by atoms with Crippen molar-refractivity contribution in [2.24, 2.45) is 5.10 Å². The van der Waals surface area contributed by atoms with Crippen LogP contribution in [0.2, 0.25) is 0 Å². The predicted molar refractivity (Wildman–Crippen MR) is 111 cm³/mol. The van der Waals surface area contributed by atoms with Gasteiger partial charge < -0.3 is 9.30 Å². The summed E-state index contributed by atoms with van der Waals surface area (Å²) in [4.78, 5) is 10.3. The summed E-state index contributed by atoms with van der Waals surface area (Å²) in [5.74, 6) is 0.705. The van der Waals surface area contributed by atoms with E-state index in [1.165, 1.54) is 6.21 Å². The van der Waals surface area contributed by atoms with Gasteiger partial charge in [0.25, 0.3) is 5.69 Å². The van der Waals surface area contributed by atoms with Crippen LogP contribution in [0.15, 0.2) is 53.6 Å². The molecule has 0 radical (unpaired) electrons. The van der Waals surface area contributed by atoms with E-state index < -0.39 is 22.4 Å². The van der Waals surface area contributed by atoms with Crippen LogP contribution in [0, 0.1) is 24.0 Å². The molecule has 0 aliphatic rings. The van der Waals surface area contributed by atoms with Crippen molar-refractivity contribution in [3.8, 4) is 11.4 Å². The van der Waals surface area contributed by atoms with Crippen LogP contribution in [0.5, 0.6) is 5.75 Å². The summed E-state index contributed by atoms with van der Waals surface area (Å²) in [6.07, 6.45) is -3.22. The highest BCUT2D eigenvalue weighted by molar-refractivity contribution is 5.83. The van der Waals surface area contributed by atoms with Gasteiger partial charge in [0.15, 0.2) is 0 Å². The Balaban J connectivity index is 1.88. The zero-order valence-corrected chi connectivity index (χ0v) is 16.9. The number of hydrogen-bond donors (Lipinski definition) is 1.